The van der Waals surface area contributed by atoms with Gasteiger partial charge in [0.15, 0.2) is 0 Å². The quantitative estimate of drug-likeness (QED) is 0.670. The maximum atomic E-state index is 13.4. The van der Waals surface area contributed by atoms with E-state index in [1.165, 1.54) is 0 Å². The van der Waals surface area contributed by atoms with Gasteiger partial charge in [-0.3, -0.25) is 10.1 Å². The zero-order chi connectivity index (χ0) is 14.7. The van der Waals surface area contributed by atoms with Gasteiger partial charge in [-0.05, 0) is 25.4 Å². The molecule has 1 saturated heterocycles. The molecule has 0 saturated carbocycles. The lowest BCUT2D eigenvalue weighted by atomic mass is 10.1. The van der Waals surface area contributed by atoms with E-state index in [1.54, 1.807) is 0 Å². The third kappa shape index (κ3) is 3.37. The van der Waals surface area contributed by atoms with Crippen LogP contribution in [0.3, 0.4) is 0 Å². The Labute approximate surface area is 121 Å². The zero-order valence-corrected chi connectivity index (χ0v) is 12.0. The fourth-order valence-electron chi connectivity index (χ4n) is 2.45. The summed E-state index contributed by atoms with van der Waals surface area (Å²) in [7, 11) is 0. The first kappa shape index (κ1) is 15.0. The van der Waals surface area contributed by atoms with Crippen LogP contribution in [-0.2, 0) is 0 Å². The number of nitrogens with zero attached hydrogens (tertiary/aromatic N) is 2. The van der Waals surface area contributed by atoms with Crippen LogP contribution in [0, 0.1) is 21.8 Å². The van der Waals surface area contributed by atoms with Gasteiger partial charge in [-0.1, -0.05) is 18.5 Å². The molecule has 0 amide bonds. The summed E-state index contributed by atoms with van der Waals surface area (Å²) in [5, 5.41) is 13.7. The van der Waals surface area contributed by atoms with E-state index in [0.29, 0.717) is 12.5 Å². The predicted octanol–water partition coefficient (Wildman–Crippen LogP) is 3.14. The number of nitro groups is 1. The van der Waals surface area contributed by atoms with Crippen molar-refractivity contribution in [1.29, 1.82) is 0 Å². The molecule has 1 aliphatic heterocycles. The smallest absolute Gasteiger partial charge is 0.294 e. The number of anilines is 1. The molecular formula is C13H17ClFN3O2. The summed E-state index contributed by atoms with van der Waals surface area (Å²) in [4.78, 5) is 12.7. The number of nitrogens with one attached hydrogen (secondary N) is 1. The zero-order valence-electron chi connectivity index (χ0n) is 11.2. The van der Waals surface area contributed by atoms with Crippen LogP contribution >= 0.6 is 11.6 Å². The van der Waals surface area contributed by atoms with Crippen molar-refractivity contribution >= 4 is 23.0 Å². The molecule has 1 aliphatic rings. The number of likely N-dealkylation sites (tertiary alicyclic amines) is 1. The maximum Gasteiger partial charge on any atom is 0.294 e. The number of benzene rings is 1. The number of halogens is 2. The highest BCUT2D eigenvalue weighted by Crippen LogP contribution is 2.30. The Balaban J connectivity index is 2.05. The molecule has 20 heavy (non-hydrogen) atoms. The molecule has 1 atom stereocenters. The molecule has 0 spiro atoms. The first-order chi connectivity index (χ1) is 9.51. The van der Waals surface area contributed by atoms with Crippen LogP contribution in [0.15, 0.2) is 12.1 Å². The van der Waals surface area contributed by atoms with E-state index < -0.39 is 10.7 Å². The molecule has 0 aliphatic carbocycles. The van der Waals surface area contributed by atoms with Crippen molar-refractivity contribution in [1.82, 2.24) is 4.90 Å². The minimum absolute atomic E-state index is 0.187. The Morgan fingerprint density at radius 2 is 2.35 bits per heavy atom. The van der Waals surface area contributed by atoms with Gasteiger partial charge in [0, 0.05) is 25.2 Å². The van der Waals surface area contributed by atoms with E-state index in [0.717, 1.165) is 38.2 Å². The maximum absolute atomic E-state index is 13.4. The van der Waals surface area contributed by atoms with Gasteiger partial charge in [0.1, 0.15) is 11.5 Å². The Kier molecular flexibility index (Phi) is 4.77. The first-order valence-corrected chi connectivity index (χ1v) is 6.98. The lowest BCUT2D eigenvalue weighted by molar-refractivity contribution is -0.384. The minimum Gasteiger partial charge on any atom is -0.379 e. The minimum atomic E-state index is -0.652. The molecule has 1 aromatic carbocycles. The van der Waals surface area contributed by atoms with E-state index in [1.807, 2.05) is 0 Å². The van der Waals surface area contributed by atoms with Crippen LogP contribution in [0.25, 0.3) is 0 Å². The summed E-state index contributed by atoms with van der Waals surface area (Å²) in [6.07, 6.45) is 1.05. The van der Waals surface area contributed by atoms with Crippen molar-refractivity contribution in [3.05, 3.63) is 33.1 Å². The van der Waals surface area contributed by atoms with Gasteiger partial charge >= 0.3 is 0 Å². The lowest BCUT2D eigenvalue weighted by Crippen LogP contribution is -2.22. The molecule has 1 unspecified atom stereocenters. The highest BCUT2D eigenvalue weighted by Gasteiger charge is 2.23. The molecular weight excluding hydrogens is 285 g/mol. The summed E-state index contributed by atoms with van der Waals surface area (Å²) in [5.74, 6) is -0.227. The molecule has 1 aromatic rings. The van der Waals surface area contributed by atoms with Gasteiger partial charge < -0.3 is 10.2 Å². The third-order valence-corrected chi connectivity index (χ3v) is 3.92. The fraction of sp³-hybridized carbons (Fsp3) is 0.538. The second-order valence-corrected chi connectivity index (χ2v) is 5.38. The second kappa shape index (κ2) is 6.37. The van der Waals surface area contributed by atoms with Crippen LogP contribution < -0.4 is 5.32 Å². The summed E-state index contributed by atoms with van der Waals surface area (Å²) < 4.78 is 13.4. The van der Waals surface area contributed by atoms with Gasteiger partial charge in [-0.25, -0.2) is 4.39 Å². The first-order valence-electron chi connectivity index (χ1n) is 6.61. The number of hydrogen-bond acceptors (Lipinski definition) is 4. The summed E-state index contributed by atoms with van der Waals surface area (Å²) in [6, 6.07) is 2.14. The standard InChI is InChI=1S/C13H17ClFN3O2/c1-2-17-4-3-9(8-17)7-16-12-6-11(15)10(14)5-13(12)18(19)20/h5-6,9,16H,2-4,7-8H2,1H3. The third-order valence-electron chi connectivity index (χ3n) is 3.63. The summed E-state index contributed by atoms with van der Waals surface area (Å²) >= 11 is 5.58. The van der Waals surface area contributed by atoms with E-state index in [4.69, 9.17) is 11.6 Å². The van der Waals surface area contributed by atoms with Crippen molar-refractivity contribution in [3.8, 4) is 0 Å². The lowest BCUT2D eigenvalue weighted by Gasteiger charge is -2.14. The monoisotopic (exact) mass is 301 g/mol. The molecule has 0 radical (unpaired) electrons. The molecule has 5 nitrogen and oxygen atoms in total. The van der Waals surface area contributed by atoms with Crippen molar-refractivity contribution in [2.24, 2.45) is 5.92 Å². The van der Waals surface area contributed by atoms with Crippen molar-refractivity contribution in [3.63, 3.8) is 0 Å². The van der Waals surface area contributed by atoms with E-state index in [-0.39, 0.29) is 16.4 Å². The van der Waals surface area contributed by atoms with Crippen molar-refractivity contribution in [2.75, 3.05) is 31.5 Å². The Bertz CT molecular complexity index is 513. The Morgan fingerprint density at radius 1 is 1.60 bits per heavy atom. The van der Waals surface area contributed by atoms with Gasteiger partial charge in [0.05, 0.1) is 9.95 Å². The highest BCUT2D eigenvalue weighted by atomic mass is 35.5. The average molecular weight is 302 g/mol. The summed E-state index contributed by atoms with van der Waals surface area (Å²) in [5.41, 5.74) is -0.00593. The molecule has 1 fully saturated rings. The predicted molar refractivity (Wildman–Crippen MR) is 76.8 cm³/mol. The topological polar surface area (TPSA) is 58.4 Å². The SMILES string of the molecule is CCN1CCC(CNc2cc(F)c(Cl)cc2[N+](=O)[O-])C1. The average Bonchev–Trinajstić information content (AvgIpc) is 2.87. The van der Waals surface area contributed by atoms with Crippen LogP contribution in [0.2, 0.25) is 5.02 Å². The number of rotatable bonds is 5. The van der Waals surface area contributed by atoms with Crippen LogP contribution in [0.1, 0.15) is 13.3 Å². The normalized spacial score (nSPS) is 19.2. The summed E-state index contributed by atoms with van der Waals surface area (Å²) in [6.45, 7) is 5.72. The number of hydrogen-bond donors (Lipinski definition) is 1. The van der Waals surface area contributed by atoms with Crippen molar-refractivity contribution in [2.45, 2.75) is 13.3 Å². The van der Waals surface area contributed by atoms with Crippen LogP contribution in [0.4, 0.5) is 15.8 Å². The molecule has 2 rings (SSSR count). The van der Waals surface area contributed by atoms with Crippen LogP contribution in [-0.4, -0.2) is 36.0 Å². The van der Waals surface area contributed by atoms with Gasteiger partial charge in [-0.15, -0.1) is 0 Å². The molecule has 1 heterocycles. The molecule has 110 valence electrons. The largest absolute Gasteiger partial charge is 0.379 e. The Hall–Kier alpha value is -1.40. The molecule has 0 aromatic heterocycles. The molecule has 1 N–H and O–H groups in total. The van der Waals surface area contributed by atoms with E-state index in [9.17, 15) is 14.5 Å². The van der Waals surface area contributed by atoms with Crippen LogP contribution in [0.5, 0.6) is 0 Å². The van der Waals surface area contributed by atoms with Gasteiger partial charge in [0.2, 0.25) is 0 Å². The highest BCUT2D eigenvalue weighted by molar-refractivity contribution is 6.31. The molecule has 0 bridgehead atoms. The number of nitro benzene ring substituents is 1. The fourth-order valence-corrected chi connectivity index (χ4v) is 2.61. The molecule has 7 heteroatoms. The second-order valence-electron chi connectivity index (χ2n) is 4.97. The van der Waals surface area contributed by atoms with Gasteiger partial charge in [0.25, 0.3) is 5.69 Å². The van der Waals surface area contributed by atoms with Crippen molar-refractivity contribution < 1.29 is 9.31 Å². The van der Waals surface area contributed by atoms with E-state index >= 15 is 0 Å². The van der Waals surface area contributed by atoms with Gasteiger partial charge in [-0.2, -0.15) is 0 Å². The van der Waals surface area contributed by atoms with E-state index in [2.05, 4.69) is 17.1 Å². The Morgan fingerprint density at radius 3 is 2.95 bits per heavy atom.